The van der Waals surface area contributed by atoms with E-state index in [2.05, 4.69) is 10.4 Å². The predicted octanol–water partition coefficient (Wildman–Crippen LogP) is 1.32. The lowest BCUT2D eigenvalue weighted by Crippen LogP contribution is -2.43. The molecule has 1 aromatic heterocycles. The Balaban J connectivity index is 2.05. The number of carbonyl (C=O) groups is 1. The fourth-order valence-corrected chi connectivity index (χ4v) is 2.18. The molecule has 25 heavy (non-hydrogen) atoms. The molecule has 126 valence electrons. The van der Waals surface area contributed by atoms with Crippen LogP contribution in [0.2, 0.25) is 0 Å². The fourth-order valence-electron chi connectivity index (χ4n) is 2.18. The van der Waals surface area contributed by atoms with Gasteiger partial charge >= 0.3 is 5.69 Å². The summed E-state index contributed by atoms with van der Waals surface area (Å²) in [6.45, 7) is 0. The van der Waals surface area contributed by atoms with Gasteiger partial charge in [0.05, 0.1) is 5.69 Å². The van der Waals surface area contributed by atoms with Crippen molar-refractivity contribution in [3.05, 3.63) is 86.9 Å². The molecule has 0 aliphatic rings. The smallest absolute Gasteiger partial charge is 0.320 e. The molecule has 0 radical (unpaired) electrons. The van der Waals surface area contributed by atoms with Crippen molar-refractivity contribution in [1.29, 1.82) is 0 Å². The third-order valence-electron chi connectivity index (χ3n) is 3.49. The highest BCUT2D eigenvalue weighted by atomic mass is 19.1. The second-order valence-corrected chi connectivity index (χ2v) is 5.20. The van der Waals surface area contributed by atoms with Gasteiger partial charge in [0, 0.05) is 12.7 Å². The summed E-state index contributed by atoms with van der Waals surface area (Å²) in [6, 6.07) is 13.5. The molecule has 0 unspecified atom stereocenters. The highest BCUT2D eigenvalue weighted by molar-refractivity contribution is 6.02. The van der Waals surface area contributed by atoms with Gasteiger partial charge in [0.15, 0.2) is 0 Å². The Kier molecular flexibility index (Phi) is 4.25. The van der Waals surface area contributed by atoms with Crippen molar-refractivity contribution < 1.29 is 9.18 Å². The zero-order chi connectivity index (χ0) is 18.0. The third kappa shape index (κ3) is 3.23. The number of amides is 1. The molecule has 0 fully saturated rings. The van der Waals surface area contributed by atoms with Gasteiger partial charge in [0.1, 0.15) is 5.82 Å². The minimum absolute atomic E-state index is 0.299. The maximum Gasteiger partial charge on any atom is 0.351 e. The van der Waals surface area contributed by atoms with Crippen molar-refractivity contribution in [3.63, 3.8) is 0 Å². The summed E-state index contributed by atoms with van der Waals surface area (Å²) in [5.41, 5.74) is -1.23. The Labute approximate surface area is 141 Å². The van der Waals surface area contributed by atoms with Gasteiger partial charge in [-0.05, 0) is 36.4 Å². The first-order chi connectivity index (χ1) is 12.0. The first-order valence-electron chi connectivity index (χ1n) is 7.30. The summed E-state index contributed by atoms with van der Waals surface area (Å²) < 4.78 is 14.7. The van der Waals surface area contributed by atoms with Crippen molar-refractivity contribution in [3.8, 4) is 5.69 Å². The van der Waals surface area contributed by atoms with Gasteiger partial charge in [-0.3, -0.25) is 14.2 Å². The third-order valence-corrected chi connectivity index (χ3v) is 3.49. The lowest BCUT2D eigenvalue weighted by Gasteiger charge is -2.09. The normalized spacial score (nSPS) is 10.5. The molecule has 7 nitrogen and oxygen atoms in total. The average Bonchev–Trinajstić information content (AvgIpc) is 2.62. The van der Waals surface area contributed by atoms with Gasteiger partial charge in [-0.2, -0.15) is 9.78 Å². The van der Waals surface area contributed by atoms with E-state index in [1.165, 1.54) is 31.3 Å². The van der Waals surface area contributed by atoms with Crippen LogP contribution >= 0.6 is 0 Å². The molecule has 0 saturated carbocycles. The van der Waals surface area contributed by atoms with Crippen molar-refractivity contribution in [2.45, 2.75) is 0 Å². The maximum absolute atomic E-state index is 12.9. The SMILES string of the molecule is Cn1c(=O)c(C(=O)Nc2ccc(F)cc2)nn(-c2ccccc2)c1=O. The van der Waals surface area contributed by atoms with Gasteiger partial charge in [-0.15, -0.1) is 0 Å². The van der Waals surface area contributed by atoms with Gasteiger partial charge in [0.2, 0.25) is 5.69 Å². The number of nitrogens with one attached hydrogen (secondary N) is 1. The van der Waals surface area contributed by atoms with Crippen LogP contribution in [0.25, 0.3) is 5.69 Å². The summed E-state index contributed by atoms with van der Waals surface area (Å²) in [5.74, 6) is -1.25. The van der Waals surface area contributed by atoms with E-state index in [0.717, 1.165) is 9.25 Å². The molecule has 0 spiro atoms. The molecule has 1 N–H and O–H groups in total. The number of hydrogen-bond acceptors (Lipinski definition) is 4. The van der Waals surface area contributed by atoms with E-state index in [9.17, 15) is 18.8 Å². The van der Waals surface area contributed by atoms with E-state index in [4.69, 9.17) is 0 Å². The van der Waals surface area contributed by atoms with Gasteiger partial charge in [-0.25, -0.2) is 9.18 Å². The van der Waals surface area contributed by atoms with Crippen molar-refractivity contribution in [1.82, 2.24) is 14.3 Å². The van der Waals surface area contributed by atoms with E-state index in [1.54, 1.807) is 30.3 Å². The van der Waals surface area contributed by atoms with Crippen LogP contribution in [0.4, 0.5) is 10.1 Å². The van der Waals surface area contributed by atoms with Gasteiger partial charge in [0.25, 0.3) is 11.5 Å². The summed E-state index contributed by atoms with van der Waals surface area (Å²) in [4.78, 5) is 36.8. The number of carbonyl (C=O) groups excluding carboxylic acids is 1. The molecule has 3 rings (SSSR count). The number of aromatic nitrogens is 3. The molecular formula is C17H13FN4O3. The number of anilines is 1. The van der Waals surface area contributed by atoms with Crippen molar-refractivity contribution in [2.24, 2.45) is 7.05 Å². The Hall–Kier alpha value is -3.55. The second-order valence-electron chi connectivity index (χ2n) is 5.20. The molecule has 3 aromatic rings. The minimum Gasteiger partial charge on any atom is -0.320 e. The van der Waals surface area contributed by atoms with E-state index in [0.29, 0.717) is 11.4 Å². The van der Waals surface area contributed by atoms with Crippen LogP contribution in [-0.2, 0) is 7.05 Å². The Morgan fingerprint density at radius 2 is 1.68 bits per heavy atom. The number of para-hydroxylation sites is 1. The lowest BCUT2D eigenvalue weighted by atomic mass is 10.3. The van der Waals surface area contributed by atoms with Crippen LogP contribution in [0.5, 0.6) is 0 Å². The highest BCUT2D eigenvalue weighted by Crippen LogP contribution is 2.09. The van der Waals surface area contributed by atoms with Gasteiger partial charge < -0.3 is 5.32 Å². The van der Waals surface area contributed by atoms with Crippen LogP contribution < -0.4 is 16.6 Å². The van der Waals surface area contributed by atoms with E-state index >= 15 is 0 Å². The number of nitrogens with zero attached hydrogens (tertiary/aromatic N) is 3. The number of halogens is 1. The Bertz CT molecular complexity index is 1040. The standard InChI is InChI=1S/C17H13FN4O3/c1-21-16(24)14(15(23)19-12-9-7-11(18)8-10-12)20-22(17(21)25)13-5-3-2-4-6-13/h2-10H,1H3,(H,19,23). The molecule has 0 atom stereocenters. The van der Waals surface area contributed by atoms with Crippen LogP contribution in [0.3, 0.4) is 0 Å². The van der Waals surface area contributed by atoms with Gasteiger partial charge in [-0.1, -0.05) is 18.2 Å². The lowest BCUT2D eigenvalue weighted by molar-refractivity contribution is 0.101. The Morgan fingerprint density at radius 1 is 1.04 bits per heavy atom. The molecule has 1 heterocycles. The zero-order valence-corrected chi connectivity index (χ0v) is 13.1. The van der Waals surface area contributed by atoms with E-state index < -0.39 is 28.7 Å². The quantitative estimate of drug-likeness (QED) is 0.779. The second kappa shape index (κ2) is 6.52. The predicted molar refractivity (Wildman–Crippen MR) is 89.4 cm³/mol. The maximum atomic E-state index is 12.9. The summed E-state index contributed by atoms with van der Waals surface area (Å²) in [6.07, 6.45) is 0. The summed E-state index contributed by atoms with van der Waals surface area (Å²) in [5, 5.41) is 6.36. The molecule has 0 aliphatic heterocycles. The first kappa shape index (κ1) is 16.3. The molecule has 0 saturated heterocycles. The minimum atomic E-state index is -0.822. The number of rotatable bonds is 3. The zero-order valence-electron chi connectivity index (χ0n) is 13.1. The molecule has 0 bridgehead atoms. The van der Waals surface area contributed by atoms with E-state index in [-0.39, 0.29) is 0 Å². The van der Waals surface area contributed by atoms with Crippen LogP contribution in [0.15, 0.2) is 64.2 Å². The average molecular weight is 340 g/mol. The summed E-state index contributed by atoms with van der Waals surface area (Å²) >= 11 is 0. The summed E-state index contributed by atoms with van der Waals surface area (Å²) in [7, 11) is 1.26. The molecular weight excluding hydrogens is 327 g/mol. The van der Waals surface area contributed by atoms with Crippen LogP contribution in [0, 0.1) is 5.82 Å². The van der Waals surface area contributed by atoms with Crippen molar-refractivity contribution >= 4 is 11.6 Å². The first-order valence-corrected chi connectivity index (χ1v) is 7.30. The fraction of sp³-hybridized carbons (Fsp3) is 0.0588. The van der Waals surface area contributed by atoms with E-state index in [1.807, 2.05) is 0 Å². The number of benzene rings is 2. The molecule has 8 heteroatoms. The largest absolute Gasteiger partial charge is 0.351 e. The molecule has 1 amide bonds. The van der Waals surface area contributed by atoms with Crippen LogP contribution in [0.1, 0.15) is 10.5 Å². The van der Waals surface area contributed by atoms with Crippen LogP contribution in [-0.4, -0.2) is 20.3 Å². The topological polar surface area (TPSA) is 86.0 Å². The monoisotopic (exact) mass is 340 g/mol. The highest BCUT2D eigenvalue weighted by Gasteiger charge is 2.18. The molecule has 2 aromatic carbocycles. The van der Waals surface area contributed by atoms with Crippen molar-refractivity contribution in [2.75, 3.05) is 5.32 Å². The number of hydrogen-bond donors (Lipinski definition) is 1. The molecule has 0 aliphatic carbocycles. The Morgan fingerprint density at radius 3 is 2.32 bits per heavy atom.